The van der Waals surface area contributed by atoms with Crippen LogP contribution in [0.3, 0.4) is 0 Å². The van der Waals surface area contributed by atoms with Crippen LogP contribution < -0.4 is 0 Å². The minimum absolute atomic E-state index is 0.0531. The van der Waals surface area contributed by atoms with E-state index in [4.69, 9.17) is 0 Å². The summed E-state index contributed by atoms with van der Waals surface area (Å²) in [7, 11) is 0. The van der Waals surface area contributed by atoms with Crippen molar-refractivity contribution in [3.05, 3.63) is 82.5 Å². The third-order valence-corrected chi connectivity index (χ3v) is 3.94. The van der Waals surface area contributed by atoms with Gasteiger partial charge in [-0.15, -0.1) is 0 Å². The molecule has 0 fully saturated rings. The Morgan fingerprint density at radius 1 is 1.08 bits per heavy atom. The van der Waals surface area contributed by atoms with E-state index < -0.39 is 4.92 Å². The highest BCUT2D eigenvalue weighted by molar-refractivity contribution is 5.81. The van der Waals surface area contributed by atoms with Crippen molar-refractivity contribution < 1.29 is 4.92 Å². The van der Waals surface area contributed by atoms with Crippen LogP contribution in [0.25, 0.3) is 22.6 Å². The van der Waals surface area contributed by atoms with Gasteiger partial charge in [-0.3, -0.25) is 10.1 Å². The largest absolute Gasteiger partial charge is 0.341 e. The molecule has 2 aromatic heterocycles. The molecule has 24 heavy (non-hydrogen) atoms. The van der Waals surface area contributed by atoms with Crippen molar-refractivity contribution in [1.82, 2.24) is 14.5 Å². The first-order valence-electron chi connectivity index (χ1n) is 7.54. The summed E-state index contributed by atoms with van der Waals surface area (Å²) < 4.78 is 2.10. The minimum Gasteiger partial charge on any atom is -0.341 e. The standard InChI is InChI=1S/C18H14N4O2/c23-22(24)14-8-9-15-16(11-14)20-18(19-15)17-7-4-10-21(17)12-13-5-2-1-3-6-13/h1-11H,12H2,(H,19,20). The molecule has 0 saturated heterocycles. The fourth-order valence-corrected chi connectivity index (χ4v) is 2.78. The molecule has 118 valence electrons. The van der Waals surface area contributed by atoms with Gasteiger partial charge in [0.05, 0.1) is 21.7 Å². The first-order valence-corrected chi connectivity index (χ1v) is 7.54. The number of benzene rings is 2. The lowest BCUT2D eigenvalue weighted by atomic mass is 10.2. The molecule has 0 aliphatic heterocycles. The van der Waals surface area contributed by atoms with Gasteiger partial charge >= 0.3 is 0 Å². The van der Waals surface area contributed by atoms with Crippen LogP contribution >= 0.6 is 0 Å². The summed E-state index contributed by atoms with van der Waals surface area (Å²) in [5.41, 5.74) is 3.56. The van der Waals surface area contributed by atoms with Gasteiger partial charge in [0.25, 0.3) is 5.69 Å². The summed E-state index contributed by atoms with van der Waals surface area (Å²) in [4.78, 5) is 18.2. The van der Waals surface area contributed by atoms with Crippen molar-refractivity contribution in [3.63, 3.8) is 0 Å². The number of nitro groups is 1. The van der Waals surface area contributed by atoms with Gasteiger partial charge < -0.3 is 9.55 Å². The van der Waals surface area contributed by atoms with Gasteiger partial charge in [0.15, 0.2) is 5.82 Å². The Labute approximate surface area is 137 Å². The van der Waals surface area contributed by atoms with Crippen LogP contribution in [0.4, 0.5) is 5.69 Å². The second kappa shape index (κ2) is 5.66. The molecule has 0 aliphatic carbocycles. The Morgan fingerprint density at radius 2 is 1.92 bits per heavy atom. The highest BCUT2D eigenvalue weighted by Gasteiger charge is 2.13. The molecule has 2 aromatic carbocycles. The maximum Gasteiger partial charge on any atom is 0.271 e. The van der Waals surface area contributed by atoms with E-state index in [-0.39, 0.29) is 5.69 Å². The molecular weight excluding hydrogens is 304 g/mol. The average Bonchev–Trinajstić information content (AvgIpc) is 3.21. The number of aromatic nitrogens is 3. The maximum absolute atomic E-state index is 10.9. The fourth-order valence-electron chi connectivity index (χ4n) is 2.78. The number of nitrogens with zero attached hydrogens (tertiary/aromatic N) is 3. The zero-order valence-electron chi connectivity index (χ0n) is 12.7. The molecule has 0 bridgehead atoms. The number of hydrogen-bond donors (Lipinski definition) is 1. The van der Waals surface area contributed by atoms with Gasteiger partial charge in [-0.1, -0.05) is 30.3 Å². The molecule has 0 atom stereocenters. The molecule has 6 heteroatoms. The molecule has 2 heterocycles. The Bertz CT molecular complexity index is 1020. The Balaban J connectivity index is 1.73. The van der Waals surface area contributed by atoms with Gasteiger partial charge in [0.1, 0.15) is 0 Å². The van der Waals surface area contributed by atoms with E-state index in [0.717, 1.165) is 12.2 Å². The number of non-ortho nitro benzene ring substituents is 1. The molecule has 0 unspecified atom stereocenters. The maximum atomic E-state index is 10.9. The summed E-state index contributed by atoms with van der Waals surface area (Å²) in [6.45, 7) is 0.736. The predicted molar refractivity (Wildman–Crippen MR) is 91.7 cm³/mol. The number of nitrogens with one attached hydrogen (secondary N) is 1. The van der Waals surface area contributed by atoms with E-state index in [1.165, 1.54) is 17.7 Å². The van der Waals surface area contributed by atoms with E-state index >= 15 is 0 Å². The molecule has 6 nitrogen and oxygen atoms in total. The first kappa shape index (κ1) is 14.2. The van der Waals surface area contributed by atoms with Crippen LogP contribution in [0.1, 0.15) is 5.56 Å². The summed E-state index contributed by atoms with van der Waals surface area (Å²) in [5, 5.41) is 10.9. The van der Waals surface area contributed by atoms with E-state index in [2.05, 4.69) is 26.7 Å². The second-order valence-corrected chi connectivity index (χ2v) is 5.55. The quantitative estimate of drug-likeness (QED) is 0.456. The second-order valence-electron chi connectivity index (χ2n) is 5.55. The molecule has 0 radical (unpaired) electrons. The Kier molecular flexibility index (Phi) is 3.35. The number of imidazole rings is 1. The third-order valence-electron chi connectivity index (χ3n) is 3.94. The van der Waals surface area contributed by atoms with Crippen molar-refractivity contribution in [2.45, 2.75) is 6.54 Å². The highest BCUT2D eigenvalue weighted by atomic mass is 16.6. The number of hydrogen-bond acceptors (Lipinski definition) is 3. The monoisotopic (exact) mass is 318 g/mol. The van der Waals surface area contributed by atoms with Gasteiger partial charge in [-0.2, -0.15) is 0 Å². The van der Waals surface area contributed by atoms with Crippen LogP contribution in [-0.2, 0) is 6.54 Å². The summed E-state index contributed by atoms with van der Waals surface area (Å²) >= 11 is 0. The number of H-pyrrole nitrogens is 1. The summed E-state index contributed by atoms with van der Waals surface area (Å²) in [6.07, 6.45) is 2.00. The molecule has 0 aliphatic rings. The van der Waals surface area contributed by atoms with Gasteiger partial charge in [0, 0.05) is 24.9 Å². The molecule has 4 aromatic rings. The van der Waals surface area contributed by atoms with Gasteiger partial charge in [0.2, 0.25) is 0 Å². The topological polar surface area (TPSA) is 76.8 Å². The van der Waals surface area contributed by atoms with Crippen LogP contribution in [0.5, 0.6) is 0 Å². The van der Waals surface area contributed by atoms with Crippen LogP contribution in [0.2, 0.25) is 0 Å². The highest BCUT2D eigenvalue weighted by Crippen LogP contribution is 2.24. The van der Waals surface area contributed by atoms with E-state index in [1.807, 2.05) is 36.5 Å². The zero-order valence-corrected chi connectivity index (χ0v) is 12.7. The lowest BCUT2D eigenvalue weighted by Gasteiger charge is -2.07. The van der Waals surface area contributed by atoms with Gasteiger partial charge in [-0.25, -0.2) is 4.98 Å². The normalized spacial score (nSPS) is 11.0. The molecule has 1 N–H and O–H groups in total. The van der Waals surface area contributed by atoms with Crippen LogP contribution in [0.15, 0.2) is 66.9 Å². The number of rotatable bonds is 4. The summed E-state index contributed by atoms with van der Waals surface area (Å²) in [6, 6.07) is 18.8. The summed E-state index contributed by atoms with van der Waals surface area (Å²) in [5.74, 6) is 0.700. The Morgan fingerprint density at radius 3 is 2.71 bits per heavy atom. The van der Waals surface area contributed by atoms with Crippen molar-refractivity contribution in [1.29, 1.82) is 0 Å². The van der Waals surface area contributed by atoms with Crippen molar-refractivity contribution in [3.8, 4) is 11.5 Å². The molecule has 4 rings (SSSR count). The van der Waals surface area contributed by atoms with Crippen molar-refractivity contribution in [2.75, 3.05) is 0 Å². The molecule has 0 spiro atoms. The number of aromatic amines is 1. The van der Waals surface area contributed by atoms with Crippen molar-refractivity contribution >= 4 is 16.7 Å². The van der Waals surface area contributed by atoms with Gasteiger partial charge in [-0.05, 0) is 23.8 Å². The van der Waals surface area contributed by atoms with E-state index in [1.54, 1.807) is 6.07 Å². The number of fused-ring (bicyclic) bond motifs is 1. The SMILES string of the molecule is O=[N+]([O-])c1ccc2nc(-c3cccn3Cc3ccccc3)[nH]c2c1. The molecule has 0 amide bonds. The molecular formula is C18H14N4O2. The van der Waals surface area contributed by atoms with Crippen molar-refractivity contribution in [2.24, 2.45) is 0 Å². The lowest BCUT2D eigenvalue weighted by Crippen LogP contribution is -2.00. The van der Waals surface area contributed by atoms with E-state index in [0.29, 0.717) is 16.9 Å². The van der Waals surface area contributed by atoms with Crippen LogP contribution in [0, 0.1) is 10.1 Å². The Hall–Kier alpha value is -3.41. The third kappa shape index (κ3) is 2.54. The fraction of sp³-hybridized carbons (Fsp3) is 0.0556. The first-order chi connectivity index (χ1) is 11.7. The van der Waals surface area contributed by atoms with Crippen LogP contribution in [-0.4, -0.2) is 19.5 Å². The smallest absolute Gasteiger partial charge is 0.271 e. The minimum atomic E-state index is -0.405. The average molecular weight is 318 g/mol. The van der Waals surface area contributed by atoms with E-state index in [9.17, 15) is 10.1 Å². The zero-order chi connectivity index (χ0) is 16.5. The predicted octanol–water partition coefficient (Wildman–Crippen LogP) is 3.99. The lowest BCUT2D eigenvalue weighted by molar-refractivity contribution is -0.384. The number of nitro benzene ring substituents is 1. The molecule has 0 saturated carbocycles.